The number of ether oxygens (including phenoxy) is 2. The number of rotatable bonds is 9. The number of benzene rings is 3. The van der Waals surface area contributed by atoms with E-state index >= 15 is 0 Å². The molecular weight excluding hydrogens is 504 g/mol. The van der Waals surface area contributed by atoms with Crippen LogP contribution in [0.25, 0.3) is 5.76 Å². The molecule has 1 aliphatic heterocycles. The van der Waals surface area contributed by atoms with Gasteiger partial charge in [0.2, 0.25) is 0 Å². The van der Waals surface area contributed by atoms with Gasteiger partial charge in [-0.25, -0.2) is 0 Å². The second-order valence-corrected chi connectivity index (χ2v) is 11.3. The van der Waals surface area contributed by atoms with Crippen molar-refractivity contribution in [2.24, 2.45) is 0 Å². The number of likely N-dealkylation sites (N-methyl/N-ethyl adjacent to an activating group) is 1. The Morgan fingerprint density at radius 3 is 2.35 bits per heavy atom. The molecular formula is C33H38N2O5. The third kappa shape index (κ3) is 6.20. The highest BCUT2D eigenvalue weighted by Gasteiger charge is 2.46. The summed E-state index contributed by atoms with van der Waals surface area (Å²) in [6.07, 6.45) is 0. The summed E-state index contributed by atoms with van der Waals surface area (Å²) in [4.78, 5) is 30.3. The van der Waals surface area contributed by atoms with E-state index in [1.165, 1.54) is 0 Å². The number of amides is 1. The standard InChI is InChI=1S/C33H38N2O5/c1-33(2,3)26-20-24(15-16-27(26)39-6)30(36)28-29(35(18-17-34(4)5)32(38)31(28)37)23-13-10-14-25(19-23)40-21-22-11-8-7-9-12-22/h7-16,19-20,29,36H,17-18,21H2,1-6H3/b30-28+. The molecule has 1 N–H and O–H groups in total. The number of hydrogen-bond acceptors (Lipinski definition) is 6. The number of aliphatic hydroxyl groups excluding tert-OH is 1. The molecule has 1 heterocycles. The van der Waals surface area contributed by atoms with Crippen LogP contribution in [0.15, 0.2) is 78.4 Å². The number of ketones is 1. The minimum absolute atomic E-state index is 0.0639. The molecule has 1 saturated heterocycles. The van der Waals surface area contributed by atoms with Crippen LogP contribution < -0.4 is 9.47 Å². The molecule has 0 bridgehead atoms. The van der Waals surface area contributed by atoms with Crippen LogP contribution in [-0.2, 0) is 21.6 Å². The Kier molecular flexibility index (Phi) is 8.64. The summed E-state index contributed by atoms with van der Waals surface area (Å²) in [5.41, 5.74) is 2.85. The predicted octanol–water partition coefficient (Wildman–Crippen LogP) is 5.56. The average molecular weight is 543 g/mol. The highest BCUT2D eigenvalue weighted by atomic mass is 16.5. The van der Waals surface area contributed by atoms with Gasteiger partial charge in [0, 0.05) is 24.2 Å². The van der Waals surface area contributed by atoms with Crippen molar-refractivity contribution in [3.8, 4) is 11.5 Å². The smallest absolute Gasteiger partial charge is 0.295 e. The van der Waals surface area contributed by atoms with Gasteiger partial charge in [0.1, 0.15) is 23.9 Å². The van der Waals surface area contributed by atoms with Gasteiger partial charge in [-0.3, -0.25) is 9.59 Å². The highest BCUT2D eigenvalue weighted by Crippen LogP contribution is 2.41. The first-order valence-electron chi connectivity index (χ1n) is 13.4. The molecule has 210 valence electrons. The van der Waals surface area contributed by atoms with Crippen LogP contribution >= 0.6 is 0 Å². The highest BCUT2D eigenvalue weighted by molar-refractivity contribution is 6.46. The summed E-state index contributed by atoms with van der Waals surface area (Å²) in [5.74, 6) is -0.243. The number of carbonyl (C=O) groups is 2. The number of Topliss-reactive ketones (excluding diaryl/α,β-unsaturated/α-hetero) is 1. The van der Waals surface area contributed by atoms with Gasteiger partial charge in [0.25, 0.3) is 11.7 Å². The van der Waals surface area contributed by atoms with Crippen LogP contribution in [0.4, 0.5) is 0 Å². The Morgan fingerprint density at radius 2 is 1.70 bits per heavy atom. The van der Waals surface area contributed by atoms with Gasteiger partial charge in [-0.1, -0.05) is 63.2 Å². The Hall–Kier alpha value is -4.10. The molecule has 1 atom stereocenters. The summed E-state index contributed by atoms with van der Waals surface area (Å²) < 4.78 is 11.6. The lowest BCUT2D eigenvalue weighted by atomic mass is 9.84. The first kappa shape index (κ1) is 28.9. The molecule has 7 heteroatoms. The maximum atomic E-state index is 13.5. The Bertz CT molecular complexity index is 1410. The second kappa shape index (κ2) is 12.0. The zero-order valence-electron chi connectivity index (χ0n) is 24.1. The predicted molar refractivity (Wildman–Crippen MR) is 156 cm³/mol. The number of hydrogen-bond donors (Lipinski definition) is 1. The van der Waals surface area contributed by atoms with E-state index in [-0.39, 0.29) is 16.7 Å². The molecule has 0 aliphatic carbocycles. The Balaban J connectivity index is 1.80. The van der Waals surface area contributed by atoms with Crippen LogP contribution in [0.3, 0.4) is 0 Å². The minimum atomic E-state index is -0.764. The lowest BCUT2D eigenvalue weighted by Gasteiger charge is -2.27. The third-order valence-electron chi connectivity index (χ3n) is 7.03. The van der Waals surface area contributed by atoms with E-state index in [0.29, 0.717) is 42.3 Å². The summed E-state index contributed by atoms with van der Waals surface area (Å²) in [6, 6.07) is 21.8. The maximum Gasteiger partial charge on any atom is 0.295 e. The molecule has 0 spiro atoms. The number of methoxy groups -OCH3 is 1. The normalized spacial score (nSPS) is 17.0. The minimum Gasteiger partial charge on any atom is -0.507 e. The van der Waals surface area contributed by atoms with Crippen molar-refractivity contribution in [1.29, 1.82) is 0 Å². The SMILES string of the molecule is COc1ccc(/C(O)=C2\C(=O)C(=O)N(CCN(C)C)C2c2cccc(OCc3ccccc3)c2)cc1C(C)(C)C. The van der Waals surface area contributed by atoms with Gasteiger partial charge in [-0.15, -0.1) is 0 Å². The Morgan fingerprint density at radius 1 is 0.975 bits per heavy atom. The fraction of sp³-hybridized carbons (Fsp3) is 0.333. The van der Waals surface area contributed by atoms with Crippen molar-refractivity contribution < 1.29 is 24.2 Å². The quantitative estimate of drug-likeness (QED) is 0.217. The van der Waals surface area contributed by atoms with Gasteiger partial charge >= 0.3 is 0 Å². The summed E-state index contributed by atoms with van der Waals surface area (Å²) in [6.45, 7) is 7.42. The van der Waals surface area contributed by atoms with Crippen LogP contribution in [0, 0.1) is 0 Å². The fourth-order valence-electron chi connectivity index (χ4n) is 4.88. The number of aliphatic hydroxyl groups is 1. The van der Waals surface area contributed by atoms with E-state index in [2.05, 4.69) is 20.8 Å². The largest absolute Gasteiger partial charge is 0.507 e. The van der Waals surface area contributed by atoms with E-state index < -0.39 is 17.7 Å². The zero-order valence-corrected chi connectivity index (χ0v) is 24.1. The molecule has 1 unspecified atom stereocenters. The van der Waals surface area contributed by atoms with E-state index in [4.69, 9.17) is 9.47 Å². The first-order valence-corrected chi connectivity index (χ1v) is 13.4. The topological polar surface area (TPSA) is 79.3 Å². The number of likely N-dealkylation sites (tertiary alicyclic amines) is 1. The van der Waals surface area contributed by atoms with Crippen LogP contribution in [0.5, 0.6) is 11.5 Å². The maximum absolute atomic E-state index is 13.5. The third-order valence-corrected chi connectivity index (χ3v) is 7.03. The molecule has 0 aromatic heterocycles. The van der Waals surface area contributed by atoms with Crippen molar-refractivity contribution in [3.63, 3.8) is 0 Å². The molecule has 7 nitrogen and oxygen atoms in total. The lowest BCUT2D eigenvalue weighted by molar-refractivity contribution is -0.140. The number of carbonyl (C=O) groups excluding carboxylic acids is 2. The van der Waals surface area contributed by atoms with Crippen molar-refractivity contribution >= 4 is 17.4 Å². The van der Waals surface area contributed by atoms with Crippen molar-refractivity contribution in [2.45, 2.75) is 38.8 Å². The van der Waals surface area contributed by atoms with Gasteiger partial charge in [-0.2, -0.15) is 0 Å². The van der Waals surface area contributed by atoms with Gasteiger partial charge in [0.15, 0.2) is 0 Å². The van der Waals surface area contributed by atoms with Gasteiger partial charge in [0.05, 0.1) is 18.7 Å². The van der Waals surface area contributed by atoms with Crippen molar-refractivity contribution in [3.05, 3.63) is 101 Å². The van der Waals surface area contributed by atoms with Crippen molar-refractivity contribution in [2.75, 3.05) is 34.3 Å². The molecule has 1 amide bonds. The molecule has 0 saturated carbocycles. The van der Waals surface area contributed by atoms with E-state index in [0.717, 1.165) is 11.1 Å². The molecule has 0 radical (unpaired) electrons. The summed E-state index contributed by atoms with van der Waals surface area (Å²) >= 11 is 0. The van der Waals surface area contributed by atoms with Crippen molar-refractivity contribution in [1.82, 2.24) is 9.80 Å². The molecule has 4 rings (SSSR count). The Labute approximate surface area is 236 Å². The van der Waals surface area contributed by atoms with Gasteiger partial charge in [-0.05, 0) is 61.0 Å². The molecule has 3 aromatic rings. The number of nitrogens with zero attached hydrogens (tertiary/aromatic N) is 2. The van der Waals surface area contributed by atoms with E-state index in [9.17, 15) is 14.7 Å². The van der Waals surface area contributed by atoms with Crippen LogP contribution in [0.1, 0.15) is 49.1 Å². The summed E-state index contributed by atoms with van der Waals surface area (Å²) in [7, 11) is 5.43. The molecule has 1 aliphatic rings. The first-order chi connectivity index (χ1) is 19.0. The molecule has 1 fully saturated rings. The second-order valence-electron chi connectivity index (χ2n) is 11.3. The summed E-state index contributed by atoms with van der Waals surface area (Å²) in [5, 5.41) is 11.6. The average Bonchev–Trinajstić information content (AvgIpc) is 3.19. The van der Waals surface area contributed by atoms with Crippen LogP contribution in [-0.4, -0.2) is 60.9 Å². The lowest BCUT2D eigenvalue weighted by Crippen LogP contribution is -2.35. The molecule has 3 aromatic carbocycles. The monoisotopic (exact) mass is 542 g/mol. The van der Waals surface area contributed by atoms with Crippen LogP contribution in [0.2, 0.25) is 0 Å². The molecule has 40 heavy (non-hydrogen) atoms. The van der Waals surface area contributed by atoms with Gasteiger partial charge < -0.3 is 24.4 Å². The zero-order chi connectivity index (χ0) is 29.0. The van der Waals surface area contributed by atoms with E-state index in [1.54, 1.807) is 24.1 Å². The van der Waals surface area contributed by atoms with E-state index in [1.807, 2.05) is 79.7 Å². The fourth-order valence-corrected chi connectivity index (χ4v) is 4.88.